The van der Waals surface area contributed by atoms with Gasteiger partial charge in [0.2, 0.25) is 5.91 Å². The fourth-order valence-corrected chi connectivity index (χ4v) is 4.23. The van der Waals surface area contributed by atoms with Crippen molar-refractivity contribution in [2.75, 3.05) is 11.4 Å². The molecule has 3 rings (SSSR count). The topological polar surface area (TPSA) is 98.1 Å². The Balaban J connectivity index is 1.78. The lowest BCUT2D eigenvalue weighted by Gasteiger charge is -2.37. The van der Waals surface area contributed by atoms with Crippen molar-refractivity contribution in [2.24, 2.45) is 17.4 Å². The summed E-state index contributed by atoms with van der Waals surface area (Å²) in [5.41, 5.74) is 12.4. The lowest BCUT2D eigenvalue weighted by molar-refractivity contribution is -0.122. The van der Waals surface area contributed by atoms with Crippen LogP contribution in [-0.4, -0.2) is 28.6 Å². The first-order chi connectivity index (χ1) is 12.4. The molecule has 6 nitrogen and oxygen atoms in total. The second-order valence-electron chi connectivity index (χ2n) is 6.16. The van der Waals surface area contributed by atoms with Gasteiger partial charge in [0.25, 0.3) is 0 Å². The minimum atomic E-state index is -0.309. The number of piperidine rings is 1. The van der Waals surface area contributed by atoms with Gasteiger partial charge in [-0.15, -0.1) is 0 Å². The molecule has 1 aliphatic heterocycles. The predicted molar refractivity (Wildman–Crippen MR) is 105 cm³/mol. The summed E-state index contributed by atoms with van der Waals surface area (Å²) in [6.07, 6.45) is 2.57. The number of aryl methyl sites for hydroxylation is 1. The van der Waals surface area contributed by atoms with Gasteiger partial charge >= 0.3 is 0 Å². The third-order valence-electron chi connectivity index (χ3n) is 4.35. The van der Waals surface area contributed by atoms with E-state index in [-0.39, 0.29) is 18.0 Å². The molecule has 2 unspecified atom stereocenters. The van der Waals surface area contributed by atoms with Gasteiger partial charge in [-0.3, -0.25) is 4.79 Å². The normalized spacial score (nSPS) is 20.2. The van der Waals surface area contributed by atoms with Crippen molar-refractivity contribution in [3.8, 4) is 0 Å². The van der Waals surface area contributed by atoms with Crippen molar-refractivity contribution < 1.29 is 4.79 Å². The van der Waals surface area contributed by atoms with Crippen LogP contribution in [0.25, 0.3) is 0 Å². The van der Waals surface area contributed by atoms with Gasteiger partial charge in [0, 0.05) is 17.4 Å². The number of carbonyl (C=O) groups is 1. The van der Waals surface area contributed by atoms with Gasteiger partial charge in [0.15, 0.2) is 0 Å². The molecule has 0 saturated carbocycles. The van der Waals surface area contributed by atoms with Gasteiger partial charge in [-0.05, 0) is 31.9 Å². The van der Waals surface area contributed by atoms with Crippen LogP contribution in [0.15, 0.2) is 34.3 Å². The number of amides is 1. The molecular weight excluding hydrogens is 393 g/mol. The van der Waals surface area contributed by atoms with Crippen LogP contribution >= 0.6 is 35.0 Å². The number of benzene rings is 1. The number of aromatic nitrogens is 2. The number of primary amides is 1. The van der Waals surface area contributed by atoms with E-state index in [0.717, 1.165) is 15.6 Å². The van der Waals surface area contributed by atoms with Crippen molar-refractivity contribution in [1.82, 2.24) is 9.97 Å². The number of nitrogens with zero attached hydrogens (tertiary/aromatic N) is 3. The Kier molecular flexibility index (Phi) is 5.92. The highest BCUT2D eigenvalue weighted by Crippen LogP contribution is 2.37. The number of nitrogens with two attached hydrogens (primary N) is 2. The molecule has 138 valence electrons. The van der Waals surface area contributed by atoms with Crippen LogP contribution in [0.1, 0.15) is 18.5 Å². The molecule has 2 atom stereocenters. The van der Waals surface area contributed by atoms with Crippen molar-refractivity contribution in [3.05, 3.63) is 40.1 Å². The minimum Gasteiger partial charge on any atom is -0.369 e. The van der Waals surface area contributed by atoms with Gasteiger partial charge in [-0.1, -0.05) is 41.0 Å². The molecular formula is C17H19Cl2N5OS. The van der Waals surface area contributed by atoms with E-state index in [1.54, 1.807) is 12.3 Å². The van der Waals surface area contributed by atoms with Crippen LogP contribution in [0, 0.1) is 12.8 Å². The summed E-state index contributed by atoms with van der Waals surface area (Å²) in [5, 5.41) is 1.75. The molecule has 0 bridgehead atoms. The Morgan fingerprint density at radius 3 is 2.81 bits per heavy atom. The van der Waals surface area contributed by atoms with E-state index in [1.165, 1.54) is 11.8 Å². The quantitative estimate of drug-likeness (QED) is 0.800. The summed E-state index contributed by atoms with van der Waals surface area (Å²) < 4.78 is 0. The first kappa shape index (κ1) is 19.2. The number of hydrogen-bond donors (Lipinski definition) is 2. The van der Waals surface area contributed by atoms with Crippen molar-refractivity contribution in [3.63, 3.8) is 0 Å². The molecule has 1 aliphatic rings. The first-order valence-electron chi connectivity index (χ1n) is 8.14. The van der Waals surface area contributed by atoms with Crippen LogP contribution in [0.5, 0.6) is 0 Å². The van der Waals surface area contributed by atoms with Crippen LogP contribution in [0.4, 0.5) is 5.82 Å². The summed E-state index contributed by atoms with van der Waals surface area (Å²) in [4.78, 5) is 23.3. The summed E-state index contributed by atoms with van der Waals surface area (Å²) in [5.74, 6) is 0.210. The standard InChI is InChI=1S/C17H19Cl2N5OS/c1-9-17(26-12-4-2-3-11(18)15(12)19)22-8-14(23-9)24-6-5-10(16(21)25)7-13(24)20/h2-4,8,10,13H,5-7,20H2,1H3,(H2,21,25). The SMILES string of the molecule is Cc1nc(N2CCC(C(N)=O)CC2N)cnc1Sc1cccc(Cl)c1Cl. The van der Waals surface area contributed by atoms with Gasteiger partial charge < -0.3 is 16.4 Å². The van der Waals surface area contributed by atoms with Gasteiger partial charge in [0.1, 0.15) is 10.8 Å². The maximum atomic E-state index is 11.4. The van der Waals surface area contributed by atoms with E-state index < -0.39 is 0 Å². The number of hydrogen-bond acceptors (Lipinski definition) is 6. The summed E-state index contributed by atoms with van der Waals surface area (Å²) in [6, 6.07) is 5.47. The predicted octanol–water partition coefficient (Wildman–Crippen LogP) is 3.23. The highest BCUT2D eigenvalue weighted by molar-refractivity contribution is 7.99. The second-order valence-corrected chi connectivity index (χ2v) is 7.97. The van der Waals surface area contributed by atoms with Crippen LogP contribution < -0.4 is 16.4 Å². The maximum absolute atomic E-state index is 11.4. The molecule has 26 heavy (non-hydrogen) atoms. The minimum absolute atomic E-state index is 0.185. The zero-order chi connectivity index (χ0) is 18.8. The summed E-state index contributed by atoms with van der Waals surface area (Å²) in [7, 11) is 0. The van der Waals surface area contributed by atoms with E-state index in [9.17, 15) is 4.79 Å². The lowest BCUT2D eigenvalue weighted by atomic mass is 9.94. The van der Waals surface area contributed by atoms with E-state index in [0.29, 0.717) is 35.2 Å². The highest BCUT2D eigenvalue weighted by Gasteiger charge is 2.30. The van der Waals surface area contributed by atoms with Crippen LogP contribution in [0.2, 0.25) is 10.0 Å². The van der Waals surface area contributed by atoms with E-state index >= 15 is 0 Å². The molecule has 9 heteroatoms. The number of anilines is 1. The highest BCUT2D eigenvalue weighted by atomic mass is 35.5. The molecule has 4 N–H and O–H groups in total. The molecule has 1 aromatic heterocycles. The molecule has 1 saturated heterocycles. The van der Waals surface area contributed by atoms with E-state index in [2.05, 4.69) is 9.97 Å². The molecule has 0 aliphatic carbocycles. The van der Waals surface area contributed by atoms with Gasteiger partial charge in [0.05, 0.1) is 28.1 Å². The number of carbonyl (C=O) groups excluding carboxylic acids is 1. The fourth-order valence-electron chi connectivity index (χ4n) is 2.90. The Morgan fingerprint density at radius 2 is 2.15 bits per heavy atom. The van der Waals surface area contributed by atoms with Crippen LogP contribution in [0.3, 0.4) is 0 Å². The maximum Gasteiger partial charge on any atom is 0.220 e. The molecule has 0 radical (unpaired) electrons. The van der Waals surface area contributed by atoms with Crippen molar-refractivity contribution >= 4 is 46.7 Å². The molecule has 1 fully saturated rings. The Labute approximate surface area is 166 Å². The molecule has 0 spiro atoms. The van der Waals surface area contributed by atoms with Crippen molar-refractivity contribution in [1.29, 1.82) is 0 Å². The third-order valence-corrected chi connectivity index (χ3v) is 6.44. The molecule has 2 aromatic rings. The monoisotopic (exact) mass is 411 g/mol. The van der Waals surface area contributed by atoms with Crippen LogP contribution in [-0.2, 0) is 4.79 Å². The average Bonchev–Trinajstić information content (AvgIpc) is 2.60. The second kappa shape index (κ2) is 8.00. The fraction of sp³-hybridized carbons (Fsp3) is 0.353. The van der Waals surface area contributed by atoms with E-state index in [1.807, 2.05) is 24.0 Å². The lowest BCUT2D eigenvalue weighted by Crippen LogP contribution is -2.50. The Hall–Kier alpha value is -1.54. The molecule has 1 amide bonds. The third kappa shape index (κ3) is 4.06. The number of rotatable bonds is 4. The van der Waals surface area contributed by atoms with Gasteiger partial charge in [-0.25, -0.2) is 9.97 Å². The van der Waals surface area contributed by atoms with E-state index in [4.69, 9.17) is 34.7 Å². The smallest absolute Gasteiger partial charge is 0.220 e. The summed E-state index contributed by atoms with van der Waals surface area (Å²) in [6.45, 7) is 2.51. The Bertz CT molecular complexity index is 835. The molecule has 1 aromatic carbocycles. The zero-order valence-corrected chi connectivity index (χ0v) is 16.5. The van der Waals surface area contributed by atoms with Crippen molar-refractivity contribution in [2.45, 2.75) is 35.9 Å². The summed E-state index contributed by atoms with van der Waals surface area (Å²) >= 11 is 13.7. The zero-order valence-electron chi connectivity index (χ0n) is 14.2. The van der Waals surface area contributed by atoms with Gasteiger partial charge in [-0.2, -0.15) is 0 Å². The average molecular weight is 412 g/mol. The largest absolute Gasteiger partial charge is 0.369 e. The Morgan fingerprint density at radius 1 is 1.38 bits per heavy atom. The molecule has 2 heterocycles. The first-order valence-corrected chi connectivity index (χ1v) is 9.71. The number of halogens is 2.